The van der Waals surface area contributed by atoms with Crippen LogP contribution in [0.1, 0.15) is 116 Å². The van der Waals surface area contributed by atoms with Crippen LogP contribution in [0.5, 0.6) is 5.75 Å². The largest absolute Gasteiger partial charge is 0.494 e. The molecule has 2 aromatic rings. The maximum Gasteiger partial charge on any atom is 0.119 e. The minimum atomic E-state index is -0.0682. The van der Waals surface area contributed by atoms with E-state index in [9.17, 15) is 5.26 Å². The molecule has 36 heavy (non-hydrogen) atoms. The number of nitrogens with zero attached hydrogens (tertiary/aromatic N) is 1. The molecule has 1 atom stereocenters. The van der Waals surface area contributed by atoms with E-state index in [2.05, 4.69) is 82.3 Å². The molecule has 0 N–H and O–H groups in total. The average molecular weight is 488 g/mol. The predicted octanol–water partition coefficient (Wildman–Crippen LogP) is 10.3. The van der Waals surface area contributed by atoms with Crippen LogP contribution in [0.2, 0.25) is 0 Å². The molecule has 0 bridgehead atoms. The van der Waals surface area contributed by atoms with Crippen LogP contribution in [0.4, 0.5) is 0 Å². The minimum Gasteiger partial charge on any atom is -0.494 e. The first-order valence-electron chi connectivity index (χ1n) is 14.7. The fourth-order valence-electron chi connectivity index (χ4n) is 5.72. The molecule has 2 nitrogen and oxygen atoms in total. The van der Waals surface area contributed by atoms with Crippen molar-refractivity contribution in [3.63, 3.8) is 0 Å². The third-order valence-electron chi connectivity index (χ3n) is 8.37. The molecule has 196 valence electrons. The molecule has 1 fully saturated rings. The van der Waals surface area contributed by atoms with Crippen LogP contribution in [0, 0.1) is 28.6 Å². The Balaban J connectivity index is 1.45. The standard InChI is InChI=1S/C34H49NO/c1-5-6-7-22-34(26-35)23-19-32(20-24-34)30-13-11-29(12-14-30)31-15-17-33(18-16-31)36-25-21-28(4)10-8-9-27(2)3/h11-18,27-28,32H,5-10,19-25H2,1-4H3/t28-,32-,34-/m1/s1. The fraction of sp³-hybridized carbons (Fsp3) is 0.618. The topological polar surface area (TPSA) is 33.0 Å². The van der Waals surface area contributed by atoms with Crippen LogP contribution < -0.4 is 4.74 Å². The smallest absolute Gasteiger partial charge is 0.119 e. The van der Waals surface area contributed by atoms with Gasteiger partial charge in [-0.05, 0) is 85.1 Å². The van der Waals surface area contributed by atoms with E-state index in [0.717, 1.165) is 62.7 Å². The van der Waals surface area contributed by atoms with Crippen molar-refractivity contribution in [3.05, 3.63) is 54.1 Å². The Bertz CT molecular complexity index is 913. The summed E-state index contributed by atoms with van der Waals surface area (Å²) in [6, 6.07) is 20.4. The predicted molar refractivity (Wildman–Crippen MR) is 153 cm³/mol. The lowest BCUT2D eigenvalue weighted by Crippen LogP contribution is -2.25. The second-order valence-electron chi connectivity index (χ2n) is 11.8. The van der Waals surface area contributed by atoms with Gasteiger partial charge in [-0.2, -0.15) is 5.26 Å². The number of nitriles is 1. The van der Waals surface area contributed by atoms with Crippen molar-refractivity contribution in [3.8, 4) is 22.9 Å². The molecule has 0 saturated heterocycles. The van der Waals surface area contributed by atoms with Crippen molar-refractivity contribution in [1.82, 2.24) is 0 Å². The molecule has 0 heterocycles. The Labute approximate surface area is 221 Å². The lowest BCUT2D eigenvalue weighted by Gasteiger charge is -2.35. The Morgan fingerprint density at radius 3 is 2.08 bits per heavy atom. The zero-order chi connectivity index (χ0) is 25.8. The number of ether oxygens (including phenoxy) is 1. The molecule has 1 aliphatic rings. The van der Waals surface area contributed by atoms with Crippen LogP contribution in [0.3, 0.4) is 0 Å². The summed E-state index contributed by atoms with van der Waals surface area (Å²) in [6.07, 6.45) is 14.2. The summed E-state index contributed by atoms with van der Waals surface area (Å²) in [5.41, 5.74) is 3.85. The maximum absolute atomic E-state index is 9.84. The first kappa shape index (κ1) is 28.3. The SMILES string of the molecule is CCCCC[C@]1(C#N)CC[C@H](c2ccc(-c3ccc(OCC[C@H](C)CCCC(C)C)cc3)cc2)CC1. The van der Waals surface area contributed by atoms with E-state index in [4.69, 9.17) is 4.74 Å². The lowest BCUT2D eigenvalue weighted by molar-refractivity contribution is 0.223. The minimum absolute atomic E-state index is 0.0682. The van der Waals surface area contributed by atoms with Crippen molar-refractivity contribution in [2.24, 2.45) is 17.3 Å². The van der Waals surface area contributed by atoms with E-state index in [1.807, 2.05) is 0 Å². The first-order chi connectivity index (χ1) is 17.4. The van der Waals surface area contributed by atoms with Gasteiger partial charge in [-0.25, -0.2) is 0 Å². The molecule has 1 saturated carbocycles. The van der Waals surface area contributed by atoms with Gasteiger partial charge in [0.2, 0.25) is 0 Å². The molecule has 2 aromatic carbocycles. The molecule has 2 heteroatoms. The number of hydrogen-bond acceptors (Lipinski definition) is 2. The molecule has 0 radical (unpaired) electrons. The van der Waals surface area contributed by atoms with E-state index in [1.165, 1.54) is 55.2 Å². The zero-order valence-corrected chi connectivity index (χ0v) is 23.4. The summed E-state index contributed by atoms with van der Waals surface area (Å²) in [4.78, 5) is 0. The van der Waals surface area contributed by atoms with Gasteiger partial charge < -0.3 is 4.74 Å². The molecule has 0 spiro atoms. The molecular weight excluding hydrogens is 438 g/mol. The quantitative estimate of drug-likeness (QED) is 0.248. The van der Waals surface area contributed by atoms with Gasteiger partial charge in [0.15, 0.2) is 0 Å². The first-order valence-corrected chi connectivity index (χ1v) is 14.7. The van der Waals surface area contributed by atoms with E-state index >= 15 is 0 Å². The van der Waals surface area contributed by atoms with Crippen LogP contribution in [-0.4, -0.2) is 6.61 Å². The van der Waals surface area contributed by atoms with Gasteiger partial charge in [0.05, 0.1) is 18.1 Å². The van der Waals surface area contributed by atoms with Crippen molar-refractivity contribution in [2.75, 3.05) is 6.61 Å². The van der Waals surface area contributed by atoms with Gasteiger partial charge in [-0.3, -0.25) is 0 Å². The third-order valence-corrected chi connectivity index (χ3v) is 8.37. The number of hydrogen-bond donors (Lipinski definition) is 0. The summed E-state index contributed by atoms with van der Waals surface area (Å²) in [7, 11) is 0. The highest BCUT2D eigenvalue weighted by Gasteiger charge is 2.35. The Morgan fingerprint density at radius 1 is 0.861 bits per heavy atom. The normalized spacial score (nSPS) is 20.7. The molecule has 0 amide bonds. The summed E-state index contributed by atoms with van der Waals surface area (Å²) >= 11 is 0. The van der Waals surface area contributed by atoms with E-state index in [1.54, 1.807) is 0 Å². The third kappa shape index (κ3) is 8.69. The van der Waals surface area contributed by atoms with Crippen LogP contribution in [0.15, 0.2) is 48.5 Å². The van der Waals surface area contributed by atoms with Gasteiger partial charge in [0.1, 0.15) is 5.75 Å². The van der Waals surface area contributed by atoms with Gasteiger partial charge >= 0.3 is 0 Å². The molecule has 1 aliphatic carbocycles. The van der Waals surface area contributed by atoms with Gasteiger partial charge in [0.25, 0.3) is 0 Å². The summed E-state index contributed by atoms with van der Waals surface area (Å²) in [5.74, 6) is 3.09. The van der Waals surface area contributed by atoms with Crippen LogP contribution in [0.25, 0.3) is 11.1 Å². The number of rotatable bonds is 14. The van der Waals surface area contributed by atoms with Crippen molar-refractivity contribution in [1.29, 1.82) is 5.26 Å². The second kappa shape index (κ2) is 14.5. The Morgan fingerprint density at radius 2 is 1.50 bits per heavy atom. The van der Waals surface area contributed by atoms with E-state index in [-0.39, 0.29) is 5.41 Å². The summed E-state index contributed by atoms with van der Waals surface area (Å²) in [5, 5.41) is 9.84. The molecular formula is C34H49NO. The monoisotopic (exact) mass is 487 g/mol. The lowest BCUT2D eigenvalue weighted by atomic mass is 9.67. The molecule has 0 aromatic heterocycles. The van der Waals surface area contributed by atoms with Crippen LogP contribution in [-0.2, 0) is 0 Å². The van der Waals surface area contributed by atoms with Gasteiger partial charge in [-0.1, -0.05) is 103 Å². The number of benzene rings is 2. The van der Waals surface area contributed by atoms with Crippen molar-refractivity contribution >= 4 is 0 Å². The molecule has 0 unspecified atom stereocenters. The maximum atomic E-state index is 9.84. The van der Waals surface area contributed by atoms with E-state index < -0.39 is 0 Å². The average Bonchev–Trinajstić information content (AvgIpc) is 2.89. The zero-order valence-electron chi connectivity index (χ0n) is 23.4. The Kier molecular flexibility index (Phi) is 11.4. The summed E-state index contributed by atoms with van der Waals surface area (Å²) < 4.78 is 6.03. The highest BCUT2D eigenvalue weighted by Crippen LogP contribution is 2.45. The molecule has 0 aliphatic heterocycles. The summed E-state index contributed by atoms with van der Waals surface area (Å²) in [6.45, 7) is 9.98. The second-order valence-corrected chi connectivity index (χ2v) is 11.8. The molecule has 3 rings (SSSR count). The van der Waals surface area contributed by atoms with Gasteiger partial charge in [-0.15, -0.1) is 0 Å². The van der Waals surface area contributed by atoms with Crippen LogP contribution >= 0.6 is 0 Å². The Hall–Kier alpha value is -2.27. The number of unbranched alkanes of at least 4 members (excludes halogenated alkanes) is 2. The highest BCUT2D eigenvalue weighted by atomic mass is 16.5. The fourth-order valence-corrected chi connectivity index (χ4v) is 5.72. The van der Waals surface area contributed by atoms with Crippen molar-refractivity contribution < 1.29 is 4.74 Å². The highest BCUT2D eigenvalue weighted by molar-refractivity contribution is 5.64. The van der Waals surface area contributed by atoms with E-state index in [0.29, 0.717) is 5.92 Å². The van der Waals surface area contributed by atoms with Crippen molar-refractivity contribution in [2.45, 2.75) is 111 Å². The van der Waals surface area contributed by atoms with Gasteiger partial charge in [0, 0.05) is 0 Å².